The first-order valence-electron chi connectivity index (χ1n) is 4.37. The summed E-state index contributed by atoms with van der Waals surface area (Å²) in [6.45, 7) is 8.10. The third-order valence-electron chi connectivity index (χ3n) is 1.89. The van der Waals surface area contributed by atoms with Crippen LogP contribution >= 0.6 is 0 Å². The van der Waals surface area contributed by atoms with Crippen molar-refractivity contribution in [2.75, 3.05) is 0 Å². The Morgan fingerprint density at radius 1 is 1.38 bits per heavy atom. The van der Waals surface area contributed by atoms with Crippen molar-refractivity contribution in [2.24, 2.45) is 0 Å². The third kappa shape index (κ3) is 2.14. The minimum absolute atomic E-state index is 0.0655. The zero-order valence-corrected chi connectivity index (χ0v) is 8.59. The highest BCUT2D eigenvalue weighted by Gasteiger charge is 2.19. The lowest BCUT2D eigenvalue weighted by molar-refractivity contribution is 0.112. The normalized spacial score (nSPS) is 11.4. The van der Waals surface area contributed by atoms with Crippen LogP contribution in [0.4, 0.5) is 0 Å². The van der Waals surface area contributed by atoms with Crippen LogP contribution in [0.3, 0.4) is 0 Å². The van der Waals surface area contributed by atoms with E-state index in [0.29, 0.717) is 5.56 Å². The second-order valence-electron chi connectivity index (χ2n) is 4.32. The summed E-state index contributed by atoms with van der Waals surface area (Å²) in [4.78, 5) is 15.1. The molecule has 0 N–H and O–H groups in total. The molecule has 0 aliphatic carbocycles. The lowest BCUT2D eigenvalue weighted by atomic mass is 9.88. The Morgan fingerprint density at radius 2 is 2.00 bits per heavy atom. The maximum Gasteiger partial charge on any atom is 0.151 e. The largest absolute Gasteiger partial charge is 0.298 e. The molecule has 1 rings (SSSR count). The third-order valence-corrected chi connectivity index (χ3v) is 1.89. The molecule has 0 bridgehead atoms. The Balaban J connectivity index is 3.29. The maximum atomic E-state index is 10.8. The van der Waals surface area contributed by atoms with E-state index in [1.807, 2.05) is 13.0 Å². The first-order valence-corrected chi connectivity index (χ1v) is 4.37. The fourth-order valence-corrected chi connectivity index (χ4v) is 1.31. The van der Waals surface area contributed by atoms with Gasteiger partial charge < -0.3 is 0 Å². The van der Waals surface area contributed by atoms with Crippen LogP contribution in [0.15, 0.2) is 12.3 Å². The van der Waals surface area contributed by atoms with Crippen molar-refractivity contribution in [2.45, 2.75) is 33.1 Å². The molecule has 1 heterocycles. The number of hydrogen-bond acceptors (Lipinski definition) is 2. The summed E-state index contributed by atoms with van der Waals surface area (Å²) in [7, 11) is 0. The van der Waals surface area contributed by atoms with E-state index >= 15 is 0 Å². The van der Waals surface area contributed by atoms with Gasteiger partial charge in [-0.25, -0.2) is 0 Å². The fraction of sp³-hybridized carbons (Fsp3) is 0.455. The van der Waals surface area contributed by atoms with Gasteiger partial charge in [0, 0.05) is 17.2 Å². The van der Waals surface area contributed by atoms with Gasteiger partial charge in [-0.2, -0.15) is 0 Å². The molecule has 0 unspecified atom stereocenters. The van der Waals surface area contributed by atoms with Crippen molar-refractivity contribution >= 4 is 6.29 Å². The number of aromatic nitrogens is 1. The Hall–Kier alpha value is -1.18. The average Bonchev–Trinajstić information content (AvgIpc) is 2.01. The molecule has 70 valence electrons. The standard InChI is InChI=1S/C11H15NO/c1-8-5-9(7-13)10(12-6-8)11(2,3)4/h5-7H,1-4H3. The Kier molecular flexibility index (Phi) is 2.50. The van der Waals surface area contributed by atoms with E-state index in [9.17, 15) is 4.79 Å². The summed E-state index contributed by atoms with van der Waals surface area (Å²) in [6.07, 6.45) is 2.67. The molecular weight excluding hydrogens is 162 g/mol. The molecule has 0 spiro atoms. The van der Waals surface area contributed by atoms with E-state index in [2.05, 4.69) is 25.8 Å². The molecule has 0 saturated heterocycles. The molecule has 0 amide bonds. The van der Waals surface area contributed by atoms with Gasteiger partial charge in [0.15, 0.2) is 6.29 Å². The number of rotatable bonds is 1. The van der Waals surface area contributed by atoms with Crippen LogP contribution in [-0.4, -0.2) is 11.3 Å². The van der Waals surface area contributed by atoms with Gasteiger partial charge in [-0.15, -0.1) is 0 Å². The van der Waals surface area contributed by atoms with Crippen molar-refractivity contribution < 1.29 is 4.79 Å². The maximum absolute atomic E-state index is 10.8. The molecule has 1 aromatic rings. The highest BCUT2D eigenvalue weighted by atomic mass is 16.1. The van der Waals surface area contributed by atoms with E-state index in [4.69, 9.17) is 0 Å². The van der Waals surface area contributed by atoms with Gasteiger partial charge in [0.1, 0.15) is 0 Å². The van der Waals surface area contributed by atoms with Crippen molar-refractivity contribution in [3.8, 4) is 0 Å². The molecule has 0 fully saturated rings. The first-order chi connectivity index (χ1) is 5.95. The second-order valence-corrected chi connectivity index (χ2v) is 4.32. The predicted molar refractivity (Wildman–Crippen MR) is 53.1 cm³/mol. The lowest BCUT2D eigenvalue weighted by Crippen LogP contribution is -2.16. The summed E-state index contributed by atoms with van der Waals surface area (Å²) in [5.41, 5.74) is 2.53. The highest BCUT2D eigenvalue weighted by molar-refractivity contribution is 5.77. The van der Waals surface area contributed by atoms with E-state index in [-0.39, 0.29) is 5.41 Å². The SMILES string of the molecule is Cc1cnc(C(C)(C)C)c(C=O)c1. The molecule has 0 aliphatic heterocycles. The Labute approximate surface area is 79.0 Å². The number of hydrogen-bond donors (Lipinski definition) is 0. The molecule has 0 saturated carbocycles. The Bertz CT molecular complexity index is 323. The van der Waals surface area contributed by atoms with Crippen molar-refractivity contribution in [1.82, 2.24) is 4.98 Å². The molecular formula is C11H15NO. The molecule has 0 atom stereocenters. The summed E-state index contributed by atoms with van der Waals surface area (Å²) in [6, 6.07) is 1.88. The highest BCUT2D eigenvalue weighted by Crippen LogP contribution is 2.22. The topological polar surface area (TPSA) is 30.0 Å². The van der Waals surface area contributed by atoms with Gasteiger partial charge in [0.2, 0.25) is 0 Å². The van der Waals surface area contributed by atoms with Gasteiger partial charge in [0.05, 0.1) is 5.69 Å². The quantitative estimate of drug-likeness (QED) is 0.617. The number of aryl methyl sites for hydroxylation is 1. The number of carbonyl (C=O) groups excluding carboxylic acids is 1. The summed E-state index contributed by atoms with van der Waals surface area (Å²) in [5, 5.41) is 0. The predicted octanol–water partition coefficient (Wildman–Crippen LogP) is 2.50. The van der Waals surface area contributed by atoms with Gasteiger partial charge in [-0.05, 0) is 18.6 Å². The molecule has 2 nitrogen and oxygen atoms in total. The lowest BCUT2D eigenvalue weighted by Gasteiger charge is -2.19. The van der Waals surface area contributed by atoms with E-state index in [0.717, 1.165) is 17.5 Å². The van der Waals surface area contributed by atoms with Crippen LogP contribution in [0, 0.1) is 6.92 Å². The van der Waals surface area contributed by atoms with Gasteiger partial charge in [0.25, 0.3) is 0 Å². The van der Waals surface area contributed by atoms with E-state index in [1.54, 1.807) is 6.20 Å². The molecule has 2 heteroatoms. The minimum Gasteiger partial charge on any atom is -0.298 e. The average molecular weight is 177 g/mol. The van der Waals surface area contributed by atoms with E-state index in [1.165, 1.54) is 0 Å². The van der Waals surface area contributed by atoms with E-state index < -0.39 is 0 Å². The molecule has 0 aliphatic rings. The summed E-state index contributed by atoms with van der Waals surface area (Å²) in [5.74, 6) is 0. The zero-order chi connectivity index (χ0) is 10.1. The summed E-state index contributed by atoms with van der Waals surface area (Å²) >= 11 is 0. The van der Waals surface area contributed by atoms with Crippen molar-refractivity contribution in [1.29, 1.82) is 0 Å². The summed E-state index contributed by atoms with van der Waals surface area (Å²) < 4.78 is 0. The molecule has 0 radical (unpaired) electrons. The smallest absolute Gasteiger partial charge is 0.151 e. The molecule has 0 aromatic carbocycles. The van der Waals surface area contributed by atoms with Crippen LogP contribution in [0.1, 0.15) is 42.4 Å². The van der Waals surface area contributed by atoms with Crippen LogP contribution in [0.5, 0.6) is 0 Å². The second kappa shape index (κ2) is 3.29. The van der Waals surface area contributed by atoms with Crippen molar-refractivity contribution in [3.05, 3.63) is 29.1 Å². The van der Waals surface area contributed by atoms with Crippen molar-refractivity contribution in [3.63, 3.8) is 0 Å². The Morgan fingerprint density at radius 3 is 2.46 bits per heavy atom. The van der Waals surface area contributed by atoms with Crippen LogP contribution in [0.25, 0.3) is 0 Å². The van der Waals surface area contributed by atoms with Crippen LogP contribution in [0.2, 0.25) is 0 Å². The molecule has 13 heavy (non-hydrogen) atoms. The van der Waals surface area contributed by atoms with Crippen LogP contribution in [-0.2, 0) is 5.41 Å². The zero-order valence-electron chi connectivity index (χ0n) is 8.59. The fourth-order valence-electron chi connectivity index (χ4n) is 1.31. The van der Waals surface area contributed by atoms with Gasteiger partial charge in [-0.1, -0.05) is 20.8 Å². The minimum atomic E-state index is -0.0655. The number of aldehydes is 1. The number of nitrogens with zero attached hydrogens (tertiary/aromatic N) is 1. The first kappa shape index (κ1) is 9.90. The number of pyridine rings is 1. The van der Waals surface area contributed by atoms with Gasteiger partial charge in [-0.3, -0.25) is 9.78 Å². The monoisotopic (exact) mass is 177 g/mol. The van der Waals surface area contributed by atoms with Gasteiger partial charge >= 0.3 is 0 Å². The van der Waals surface area contributed by atoms with Crippen LogP contribution < -0.4 is 0 Å². The molecule has 1 aromatic heterocycles. The number of carbonyl (C=O) groups is 1.